The van der Waals surface area contributed by atoms with E-state index in [0.29, 0.717) is 41.9 Å². The van der Waals surface area contributed by atoms with Crippen LogP contribution in [0.25, 0.3) is 35.3 Å². The molecule has 0 N–H and O–H groups in total. The Balaban J connectivity index is 1.08. The van der Waals surface area contributed by atoms with E-state index in [0.717, 1.165) is 88.0 Å². The fourth-order valence-corrected chi connectivity index (χ4v) is 14.2. The molecule has 5 aromatic rings. The molecule has 0 bridgehead atoms. The minimum absolute atomic E-state index is 0.0379. The smallest absolute Gasteiger partial charge is 0.348 e. The van der Waals surface area contributed by atoms with E-state index in [4.69, 9.17) is 18.9 Å². The molecule has 0 unspecified atom stereocenters. The summed E-state index contributed by atoms with van der Waals surface area (Å²) in [5, 5.41) is 0. The maximum atomic E-state index is 13.8. The first-order chi connectivity index (χ1) is 39.6. The summed E-state index contributed by atoms with van der Waals surface area (Å²) in [6, 6.07) is 19.5. The van der Waals surface area contributed by atoms with Crippen LogP contribution in [0.1, 0.15) is 234 Å². The quantitative estimate of drug-likeness (QED) is 0.0164. The number of hydrogen-bond donors (Lipinski definition) is 0. The SMILES string of the molecule is CCCCCCCCCCCCOc1cc(COC(=O)c2ccc(-c3ccc(-c4ccc(-c5ccc(C=C6C(=O)N(C)C(=O)N(C)C6=O)s5)s4)s3)s2)cc(OCCCCCCCCCCCC)c1OCCCCCCCCCCCC. The number of nitrogens with zero attached hydrogens (tertiary/aromatic N) is 2. The highest BCUT2D eigenvalue weighted by Gasteiger charge is 2.38. The summed E-state index contributed by atoms with van der Waals surface area (Å²) < 4.78 is 25.9. The molecule has 0 saturated carbocycles. The number of amides is 4. The minimum atomic E-state index is -0.643. The van der Waals surface area contributed by atoms with Crippen LogP contribution in [0.15, 0.2) is 66.2 Å². The van der Waals surface area contributed by atoms with Crippen molar-refractivity contribution in [2.75, 3.05) is 33.9 Å². The molecule has 0 radical (unpaired) electrons. The molecule has 1 aromatic carbocycles. The summed E-state index contributed by atoms with van der Waals surface area (Å²) in [6.07, 6.45) is 39.3. The Labute approximate surface area is 502 Å². The number of benzene rings is 1. The second-order valence-corrected chi connectivity index (χ2v) is 26.2. The highest BCUT2D eigenvalue weighted by Crippen LogP contribution is 2.44. The number of carbonyl (C=O) groups is 4. The molecule has 14 heteroatoms. The van der Waals surface area contributed by atoms with Gasteiger partial charge in [0.05, 0.1) is 19.8 Å². The number of thiophene rings is 4. The topological polar surface area (TPSA) is 112 Å². The number of urea groups is 1. The van der Waals surface area contributed by atoms with E-state index in [-0.39, 0.29) is 18.1 Å². The Morgan fingerprint density at radius 1 is 0.432 bits per heavy atom. The molecule has 1 saturated heterocycles. The Morgan fingerprint density at radius 2 is 0.778 bits per heavy atom. The predicted molar refractivity (Wildman–Crippen MR) is 341 cm³/mol. The van der Waals surface area contributed by atoms with E-state index in [1.54, 1.807) is 28.7 Å². The molecule has 6 rings (SSSR count). The van der Waals surface area contributed by atoms with Crippen molar-refractivity contribution in [2.45, 2.75) is 220 Å². The van der Waals surface area contributed by atoms with Gasteiger partial charge in [0.2, 0.25) is 5.75 Å². The molecule has 0 atom stereocenters. The van der Waals surface area contributed by atoms with Crippen LogP contribution in [-0.4, -0.2) is 67.5 Å². The molecule has 0 spiro atoms. The van der Waals surface area contributed by atoms with Gasteiger partial charge in [0.1, 0.15) is 17.1 Å². The van der Waals surface area contributed by atoms with Crippen molar-refractivity contribution in [3.05, 3.63) is 81.6 Å². The molecule has 10 nitrogen and oxygen atoms in total. The number of barbiturate groups is 1. The van der Waals surface area contributed by atoms with E-state index in [9.17, 15) is 19.2 Å². The fourth-order valence-electron chi connectivity index (χ4n) is 10.1. The number of unbranched alkanes of at least 4 members (excludes halogenated alkanes) is 27. The van der Waals surface area contributed by atoms with E-state index in [2.05, 4.69) is 45.0 Å². The van der Waals surface area contributed by atoms with Gasteiger partial charge >= 0.3 is 12.0 Å². The summed E-state index contributed by atoms with van der Waals surface area (Å²) >= 11 is 6.25. The molecule has 4 amide bonds. The third-order valence-corrected chi connectivity index (χ3v) is 19.9. The minimum Gasteiger partial charge on any atom is -0.490 e. The third kappa shape index (κ3) is 22.1. The first-order valence-corrected chi connectivity index (χ1v) is 34.3. The summed E-state index contributed by atoms with van der Waals surface area (Å²) in [5.41, 5.74) is 0.772. The summed E-state index contributed by atoms with van der Waals surface area (Å²) in [4.78, 5) is 61.1. The molecular formula is C67H94N2O8S4. The normalized spacial score (nSPS) is 12.8. The number of esters is 1. The maximum absolute atomic E-state index is 13.8. The summed E-state index contributed by atoms with van der Waals surface area (Å²) in [7, 11) is 2.75. The Hall–Kier alpha value is -4.76. The second-order valence-electron chi connectivity index (χ2n) is 21.9. The van der Waals surface area contributed by atoms with Gasteiger partial charge in [-0.15, -0.1) is 45.3 Å². The molecule has 1 aliphatic rings. The van der Waals surface area contributed by atoms with Gasteiger partial charge in [0, 0.05) is 48.2 Å². The lowest BCUT2D eigenvalue weighted by Crippen LogP contribution is -2.52. The van der Waals surface area contributed by atoms with Crippen molar-refractivity contribution in [1.82, 2.24) is 9.80 Å². The number of likely N-dealkylation sites (N-methyl/N-ethyl adjacent to an activating group) is 2. The molecule has 81 heavy (non-hydrogen) atoms. The molecule has 0 aliphatic carbocycles. The van der Waals surface area contributed by atoms with Crippen LogP contribution >= 0.6 is 45.3 Å². The number of rotatable bonds is 43. The number of hydrogen-bond acceptors (Lipinski definition) is 12. The van der Waals surface area contributed by atoms with Crippen LogP contribution in [-0.2, 0) is 20.9 Å². The lowest BCUT2D eigenvalue weighted by Gasteiger charge is -2.28. The van der Waals surface area contributed by atoms with Gasteiger partial charge in [-0.1, -0.05) is 194 Å². The first-order valence-electron chi connectivity index (χ1n) is 31.1. The van der Waals surface area contributed by atoms with Gasteiger partial charge in [0.25, 0.3) is 11.8 Å². The van der Waals surface area contributed by atoms with Crippen molar-refractivity contribution >= 4 is 75.2 Å². The van der Waals surface area contributed by atoms with Crippen LogP contribution < -0.4 is 14.2 Å². The highest BCUT2D eigenvalue weighted by molar-refractivity contribution is 7.28. The van der Waals surface area contributed by atoms with Gasteiger partial charge in [-0.2, -0.15) is 0 Å². The first kappa shape index (κ1) is 65.4. The summed E-state index contributed by atoms with van der Waals surface area (Å²) in [6.45, 7) is 8.67. The molecule has 1 aliphatic heterocycles. The van der Waals surface area contributed by atoms with Crippen molar-refractivity contribution in [3.63, 3.8) is 0 Å². The zero-order valence-electron chi connectivity index (χ0n) is 49.7. The van der Waals surface area contributed by atoms with Crippen LogP contribution in [0.5, 0.6) is 17.2 Å². The lowest BCUT2D eigenvalue weighted by molar-refractivity contribution is -0.134. The van der Waals surface area contributed by atoms with Gasteiger partial charge in [-0.3, -0.25) is 19.4 Å². The molecule has 444 valence electrons. The number of carbonyl (C=O) groups excluding carboxylic acids is 4. The Bertz CT molecular complexity index is 2600. The van der Waals surface area contributed by atoms with Crippen molar-refractivity contribution in [1.29, 1.82) is 0 Å². The zero-order chi connectivity index (χ0) is 57.4. The van der Waals surface area contributed by atoms with Crippen LogP contribution in [0, 0.1) is 0 Å². The van der Waals surface area contributed by atoms with Crippen LogP contribution in [0.2, 0.25) is 0 Å². The zero-order valence-corrected chi connectivity index (χ0v) is 53.0. The maximum Gasteiger partial charge on any atom is 0.348 e. The second kappa shape index (κ2) is 37.4. The Kier molecular flexibility index (Phi) is 30.2. The van der Waals surface area contributed by atoms with Crippen LogP contribution in [0.3, 0.4) is 0 Å². The van der Waals surface area contributed by atoms with Crippen molar-refractivity contribution in [2.24, 2.45) is 0 Å². The van der Waals surface area contributed by atoms with Gasteiger partial charge in [-0.25, -0.2) is 9.59 Å². The molecule has 5 heterocycles. The van der Waals surface area contributed by atoms with E-state index < -0.39 is 17.8 Å². The largest absolute Gasteiger partial charge is 0.490 e. The van der Waals surface area contributed by atoms with E-state index >= 15 is 0 Å². The Morgan fingerprint density at radius 3 is 1.20 bits per heavy atom. The molecule has 1 fully saturated rings. The van der Waals surface area contributed by atoms with Gasteiger partial charge in [-0.05, 0) is 91.6 Å². The number of imide groups is 2. The van der Waals surface area contributed by atoms with E-state index in [1.807, 2.05) is 36.4 Å². The van der Waals surface area contributed by atoms with Crippen molar-refractivity contribution < 1.29 is 38.1 Å². The fraction of sp³-hybridized carbons (Fsp3) is 0.582. The molecule has 4 aromatic heterocycles. The third-order valence-electron chi connectivity index (χ3n) is 15.0. The number of ether oxygens (including phenoxy) is 4. The molecular weight excluding hydrogens is 1090 g/mol. The van der Waals surface area contributed by atoms with Gasteiger partial charge < -0.3 is 18.9 Å². The highest BCUT2D eigenvalue weighted by atomic mass is 32.1. The average molecular weight is 1180 g/mol. The summed E-state index contributed by atoms with van der Waals surface area (Å²) in [5.74, 6) is 0.411. The van der Waals surface area contributed by atoms with Gasteiger partial charge in [0.15, 0.2) is 11.5 Å². The average Bonchev–Trinajstić information content (AvgIpc) is 4.55. The predicted octanol–water partition coefficient (Wildman–Crippen LogP) is 20.6. The van der Waals surface area contributed by atoms with Crippen LogP contribution in [0.4, 0.5) is 4.79 Å². The lowest BCUT2D eigenvalue weighted by atomic mass is 10.1. The monoisotopic (exact) mass is 1180 g/mol. The van der Waals surface area contributed by atoms with E-state index in [1.165, 1.54) is 191 Å². The van der Waals surface area contributed by atoms with Crippen molar-refractivity contribution in [3.8, 4) is 46.5 Å². The standard InChI is InChI=1S/C67H94N2O8S4/c1-6-9-12-15-18-21-24-27-30-33-44-74-54-47-51(48-55(75-45-34-31-28-25-22-19-16-13-10-7-2)63(54)76-46-35-32-29-26-23-20-17-14-11-8-3)50-77-66(72)62-43-42-61(81-62)60-41-40-59(80-60)58-39-38-57(79-58)56-37-36-52(78-56)49-53-64(70)68(4)67(73)69(5)65(53)71/h36-43,47-49H,6-35,44-46,50H2,1-5H3.